The van der Waals surface area contributed by atoms with Crippen LogP contribution in [0.3, 0.4) is 0 Å². The van der Waals surface area contributed by atoms with E-state index in [2.05, 4.69) is 20.9 Å². The molecule has 18 heavy (non-hydrogen) atoms. The summed E-state index contributed by atoms with van der Waals surface area (Å²) in [6.45, 7) is 2.45. The molecule has 7 heteroatoms. The van der Waals surface area contributed by atoms with E-state index in [1.54, 1.807) is 6.07 Å². The fourth-order valence-electron chi connectivity index (χ4n) is 1.71. The summed E-state index contributed by atoms with van der Waals surface area (Å²) in [5.41, 5.74) is 1.48. The van der Waals surface area contributed by atoms with Crippen LogP contribution in [0.2, 0.25) is 0 Å². The maximum atomic E-state index is 13.4. The number of aromatic amines is 1. The van der Waals surface area contributed by atoms with E-state index in [9.17, 15) is 8.60 Å². The van der Waals surface area contributed by atoms with Crippen LogP contribution in [-0.4, -0.2) is 25.3 Å². The van der Waals surface area contributed by atoms with Crippen LogP contribution in [0.5, 0.6) is 0 Å². The van der Waals surface area contributed by atoms with E-state index in [1.165, 1.54) is 6.07 Å². The van der Waals surface area contributed by atoms with Crippen molar-refractivity contribution in [3.63, 3.8) is 0 Å². The lowest BCUT2D eigenvalue weighted by molar-refractivity contribution is 0.622. The van der Waals surface area contributed by atoms with E-state index in [1.807, 2.05) is 11.5 Å². The van der Waals surface area contributed by atoms with Gasteiger partial charge in [0, 0.05) is 34.9 Å². The second kappa shape index (κ2) is 5.63. The van der Waals surface area contributed by atoms with Gasteiger partial charge >= 0.3 is 0 Å². The van der Waals surface area contributed by atoms with Gasteiger partial charge in [-0.25, -0.2) is 4.39 Å². The van der Waals surface area contributed by atoms with Crippen LogP contribution >= 0.6 is 28.1 Å². The Morgan fingerprint density at radius 1 is 1.56 bits per heavy atom. The Kier molecular flexibility index (Phi) is 4.34. The third-order valence-electron chi connectivity index (χ3n) is 2.68. The molecule has 1 N–H and O–H groups in total. The van der Waals surface area contributed by atoms with E-state index in [4.69, 9.17) is 12.2 Å². The molecule has 0 saturated heterocycles. The number of halogens is 2. The van der Waals surface area contributed by atoms with Crippen LogP contribution in [0.25, 0.3) is 11.0 Å². The van der Waals surface area contributed by atoms with Crippen molar-refractivity contribution in [3.05, 3.63) is 27.2 Å². The van der Waals surface area contributed by atoms with Crippen molar-refractivity contribution >= 4 is 50.0 Å². The minimum Gasteiger partial charge on any atom is -0.330 e. The lowest BCUT2D eigenvalue weighted by atomic mass is 10.3. The summed E-state index contributed by atoms with van der Waals surface area (Å²) in [6.07, 6.45) is 0. The van der Waals surface area contributed by atoms with Crippen LogP contribution < -0.4 is 0 Å². The Balaban J connectivity index is 2.44. The third-order valence-corrected chi connectivity index (χ3v) is 4.89. The number of nitrogens with zero attached hydrogens (tertiary/aromatic N) is 1. The molecule has 0 aliphatic heterocycles. The maximum absolute atomic E-state index is 13.4. The van der Waals surface area contributed by atoms with Gasteiger partial charge in [-0.05, 0) is 34.2 Å². The van der Waals surface area contributed by atoms with Crippen molar-refractivity contribution < 1.29 is 8.60 Å². The molecule has 0 fully saturated rings. The summed E-state index contributed by atoms with van der Waals surface area (Å²) >= 11 is 8.36. The molecule has 2 aromatic rings. The first-order valence-electron chi connectivity index (χ1n) is 5.45. The summed E-state index contributed by atoms with van der Waals surface area (Å²) in [4.78, 5) is 2.95. The van der Waals surface area contributed by atoms with Crippen molar-refractivity contribution in [2.75, 3.05) is 11.5 Å². The Labute approximate surface area is 120 Å². The topological polar surface area (TPSA) is 37.8 Å². The molecule has 0 aliphatic carbocycles. The Morgan fingerprint density at radius 2 is 2.28 bits per heavy atom. The number of aryl methyl sites for hydroxylation is 1. The highest BCUT2D eigenvalue weighted by Crippen LogP contribution is 2.23. The summed E-state index contributed by atoms with van der Waals surface area (Å²) in [5, 5.41) is 0. The zero-order chi connectivity index (χ0) is 13.3. The first-order chi connectivity index (χ1) is 8.52. The minimum atomic E-state index is -0.839. The molecular weight excluding hydrogens is 339 g/mol. The van der Waals surface area contributed by atoms with Crippen molar-refractivity contribution in [1.29, 1.82) is 0 Å². The minimum absolute atomic E-state index is 0.331. The molecule has 1 aromatic carbocycles. The summed E-state index contributed by atoms with van der Waals surface area (Å²) in [7, 11) is -0.839. The number of hydrogen-bond donors (Lipinski definition) is 1. The normalized spacial score (nSPS) is 13.1. The van der Waals surface area contributed by atoms with E-state index >= 15 is 0 Å². The van der Waals surface area contributed by atoms with Crippen molar-refractivity contribution in [3.8, 4) is 0 Å². The van der Waals surface area contributed by atoms with Crippen molar-refractivity contribution in [2.24, 2.45) is 0 Å². The molecule has 98 valence electrons. The van der Waals surface area contributed by atoms with E-state index in [-0.39, 0.29) is 5.82 Å². The first kappa shape index (κ1) is 13.9. The Morgan fingerprint density at radius 3 is 2.94 bits per heavy atom. The molecule has 0 radical (unpaired) electrons. The van der Waals surface area contributed by atoms with Gasteiger partial charge in [-0.1, -0.05) is 6.92 Å². The number of fused-ring (bicyclic) bond motifs is 1. The number of H-pyrrole nitrogens is 1. The summed E-state index contributed by atoms with van der Waals surface area (Å²) in [6, 6.07) is 3.09. The zero-order valence-electron chi connectivity index (χ0n) is 9.70. The molecular formula is C11H12BrFN2OS2. The summed E-state index contributed by atoms with van der Waals surface area (Å²) < 4.78 is 27.6. The van der Waals surface area contributed by atoms with Gasteiger partial charge in [0.1, 0.15) is 5.82 Å². The molecule has 0 amide bonds. The van der Waals surface area contributed by atoms with Crippen LogP contribution in [0, 0.1) is 10.6 Å². The largest absolute Gasteiger partial charge is 0.330 e. The molecule has 0 spiro atoms. The predicted molar refractivity (Wildman–Crippen MR) is 78.3 cm³/mol. The predicted octanol–water partition coefficient (Wildman–Crippen LogP) is 3.37. The van der Waals surface area contributed by atoms with Crippen LogP contribution in [0.15, 0.2) is 16.6 Å². The molecule has 1 unspecified atom stereocenters. The SMILES string of the molecule is CCS(=O)CCn1c(=S)[nH]c2cc(F)c(Br)cc21. The van der Waals surface area contributed by atoms with Gasteiger partial charge in [0.05, 0.1) is 15.5 Å². The summed E-state index contributed by atoms with van der Waals surface area (Å²) in [5.74, 6) is 0.851. The number of nitrogens with one attached hydrogen (secondary N) is 1. The van der Waals surface area contributed by atoms with Gasteiger partial charge in [-0.15, -0.1) is 0 Å². The van der Waals surface area contributed by atoms with Crippen LogP contribution in [-0.2, 0) is 17.3 Å². The lowest BCUT2D eigenvalue weighted by Crippen LogP contribution is -2.08. The quantitative estimate of drug-likeness (QED) is 0.858. The fourth-order valence-corrected chi connectivity index (χ4v) is 3.02. The molecule has 3 nitrogen and oxygen atoms in total. The maximum Gasteiger partial charge on any atom is 0.178 e. The molecule has 0 saturated carbocycles. The van der Waals surface area contributed by atoms with Crippen LogP contribution in [0.4, 0.5) is 4.39 Å². The number of imidazole rings is 1. The molecule has 0 bridgehead atoms. The van der Waals surface area contributed by atoms with Gasteiger partial charge < -0.3 is 9.55 Å². The Hall–Kier alpha value is -0.530. The van der Waals surface area contributed by atoms with Gasteiger partial charge in [0.2, 0.25) is 0 Å². The van der Waals surface area contributed by atoms with Crippen LogP contribution in [0.1, 0.15) is 6.92 Å². The van der Waals surface area contributed by atoms with Crippen molar-refractivity contribution in [1.82, 2.24) is 9.55 Å². The monoisotopic (exact) mass is 350 g/mol. The Bertz CT molecular complexity index is 665. The molecule has 0 aliphatic rings. The highest BCUT2D eigenvalue weighted by molar-refractivity contribution is 9.10. The van der Waals surface area contributed by atoms with Gasteiger partial charge in [-0.3, -0.25) is 4.21 Å². The molecule has 1 heterocycles. The van der Waals surface area contributed by atoms with Gasteiger partial charge in [-0.2, -0.15) is 0 Å². The van der Waals surface area contributed by atoms with E-state index < -0.39 is 10.8 Å². The average Bonchev–Trinajstić information content (AvgIpc) is 2.62. The highest BCUT2D eigenvalue weighted by Gasteiger charge is 2.09. The second-order valence-electron chi connectivity index (χ2n) is 3.80. The first-order valence-corrected chi connectivity index (χ1v) is 8.14. The van der Waals surface area contributed by atoms with E-state index in [0.29, 0.717) is 32.8 Å². The fraction of sp³-hybridized carbons (Fsp3) is 0.364. The zero-order valence-corrected chi connectivity index (χ0v) is 12.9. The molecule has 1 aromatic heterocycles. The highest BCUT2D eigenvalue weighted by atomic mass is 79.9. The van der Waals surface area contributed by atoms with E-state index in [0.717, 1.165) is 5.52 Å². The number of rotatable bonds is 4. The standard InChI is InChI=1S/C11H12BrFN2OS2/c1-2-18(16)4-3-15-10-5-7(12)8(13)6-9(10)14-11(15)17/h5-6H,2-4H2,1H3,(H,14,17). The molecule has 1 atom stereocenters. The second-order valence-corrected chi connectivity index (χ2v) is 6.90. The van der Waals surface area contributed by atoms with Gasteiger partial charge in [0.15, 0.2) is 4.77 Å². The lowest BCUT2D eigenvalue weighted by Gasteiger charge is -2.04. The average molecular weight is 351 g/mol. The third kappa shape index (κ3) is 2.73. The smallest absolute Gasteiger partial charge is 0.178 e. The molecule has 2 rings (SSSR count). The number of benzene rings is 1. The number of hydrogen-bond acceptors (Lipinski definition) is 2. The van der Waals surface area contributed by atoms with Crippen molar-refractivity contribution in [2.45, 2.75) is 13.5 Å². The van der Waals surface area contributed by atoms with Gasteiger partial charge in [0.25, 0.3) is 0 Å². The number of aromatic nitrogens is 2.